The van der Waals surface area contributed by atoms with Gasteiger partial charge in [-0.05, 0) is 25.7 Å². The fourth-order valence-corrected chi connectivity index (χ4v) is 4.41. The first-order chi connectivity index (χ1) is 8.98. The number of fused-ring (bicyclic) bond motifs is 2. The molecule has 3 aliphatic carbocycles. The fraction of sp³-hybridized carbons (Fsp3) is 0.667. The van der Waals surface area contributed by atoms with Crippen LogP contribution in [0.3, 0.4) is 0 Å². The third-order valence-electron chi connectivity index (χ3n) is 4.58. The van der Waals surface area contributed by atoms with Gasteiger partial charge in [-0.2, -0.15) is 11.8 Å². The molecule has 106 valence electrons. The van der Waals surface area contributed by atoms with Crippen LogP contribution in [-0.4, -0.2) is 43.2 Å². The quantitative estimate of drug-likeness (QED) is 0.726. The number of carbonyl (C=O) groups excluding carboxylic acids is 1. The van der Waals surface area contributed by atoms with Gasteiger partial charge in [0.15, 0.2) is 5.60 Å². The van der Waals surface area contributed by atoms with E-state index in [0.29, 0.717) is 5.75 Å². The van der Waals surface area contributed by atoms with E-state index >= 15 is 0 Å². The molecule has 3 nitrogen and oxygen atoms in total. The number of methoxy groups -OCH3 is 2. The Hall–Kier alpha value is -0.580. The Morgan fingerprint density at radius 2 is 2.21 bits per heavy atom. The molecule has 0 amide bonds. The predicted molar refractivity (Wildman–Crippen MR) is 78.4 cm³/mol. The lowest BCUT2D eigenvalue weighted by atomic mass is 9.57. The van der Waals surface area contributed by atoms with Crippen LogP contribution in [0.25, 0.3) is 0 Å². The largest absolute Gasteiger partial charge is 0.369 e. The number of rotatable bonds is 5. The van der Waals surface area contributed by atoms with Gasteiger partial charge in [0.1, 0.15) is 5.60 Å². The molecule has 1 saturated carbocycles. The molecule has 2 bridgehead atoms. The van der Waals surface area contributed by atoms with Crippen LogP contribution in [-0.2, 0) is 14.3 Å². The summed E-state index contributed by atoms with van der Waals surface area (Å²) in [6.45, 7) is 6.00. The Balaban J connectivity index is 2.52. The average Bonchev–Trinajstić information content (AvgIpc) is 2.42. The maximum atomic E-state index is 13.0. The number of ketones is 1. The SMILES string of the molecule is C=C(C)[C@H]1C[C@H]2C=C[C@]1(OC)C(=O)[C@@]2(CSC)OC. The molecule has 0 aliphatic heterocycles. The summed E-state index contributed by atoms with van der Waals surface area (Å²) in [6, 6.07) is 0. The first-order valence-corrected chi connectivity index (χ1v) is 7.86. The van der Waals surface area contributed by atoms with E-state index in [1.54, 1.807) is 26.0 Å². The van der Waals surface area contributed by atoms with Crippen LogP contribution in [0.4, 0.5) is 0 Å². The molecule has 4 atom stereocenters. The van der Waals surface area contributed by atoms with Crippen LogP contribution in [0, 0.1) is 11.8 Å². The standard InChI is InChI=1S/C15H22O3S/c1-10(2)12-8-11-6-7-14(12,17-3)13(16)15(11,18-4)9-19-5/h6-7,11-12H,1,8-9H2,2-5H3/t11-,12-,14-,15+/m1/s1. The van der Waals surface area contributed by atoms with Crippen LogP contribution < -0.4 is 0 Å². The molecule has 0 N–H and O–H groups in total. The van der Waals surface area contributed by atoms with Gasteiger partial charge >= 0.3 is 0 Å². The molecule has 19 heavy (non-hydrogen) atoms. The van der Waals surface area contributed by atoms with Crippen LogP contribution in [0.1, 0.15) is 13.3 Å². The van der Waals surface area contributed by atoms with Crippen LogP contribution in [0.5, 0.6) is 0 Å². The van der Waals surface area contributed by atoms with Gasteiger partial charge in [-0.3, -0.25) is 4.79 Å². The van der Waals surface area contributed by atoms with E-state index in [1.807, 2.05) is 19.3 Å². The highest BCUT2D eigenvalue weighted by Crippen LogP contribution is 2.52. The maximum absolute atomic E-state index is 13.0. The van der Waals surface area contributed by atoms with Crippen LogP contribution in [0.2, 0.25) is 0 Å². The third kappa shape index (κ3) is 1.84. The summed E-state index contributed by atoms with van der Waals surface area (Å²) in [4.78, 5) is 13.0. The van der Waals surface area contributed by atoms with Gasteiger partial charge in [-0.25, -0.2) is 0 Å². The molecular formula is C15H22O3S. The van der Waals surface area contributed by atoms with Crippen molar-refractivity contribution in [2.45, 2.75) is 24.5 Å². The van der Waals surface area contributed by atoms with E-state index < -0.39 is 11.2 Å². The first kappa shape index (κ1) is 14.8. The zero-order valence-corrected chi connectivity index (χ0v) is 12.9. The first-order valence-electron chi connectivity index (χ1n) is 6.47. The van der Waals surface area contributed by atoms with Gasteiger partial charge in [0.2, 0.25) is 5.78 Å². The summed E-state index contributed by atoms with van der Waals surface area (Å²) in [5.41, 5.74) is -0.652. The van der Waals surface area contributed by atoms with E-state index in [2.05, 4.69) is 12.7 Å². The highest BCUT2D eigenvalue weighted by atomic mass is 32.2. The minimum absolute atomic E-state index is 0.0464. The van der Waals surface area contributed by atoms with E-state index in [9.17, 15) is 4.79 Å². The molecule has 0 unspecified atom stereocenters. The number of hydrogen-bond donors (Lipinski definition) is 0. The average molecular weight is 282 g/mol. The number of hydrogen-bond acceptors (Lipinski definition) is 4. The lowest BCUT2D eigenvalue weighted by Gasteiger charge is -2.54. The smallest absolute Gasteiger partial charge is 0.202 e. The van der Waals surface area contributed by atoms with Gasteiger partial charge in [0, 0.05) is 31.8 Å². The van der Waals surface area contributed by atoms with E-state index in [1.165, 1.54) is 0 Å². The monoisotopic (exact) mass is 282 g/mol. The number of ether oxygens (including phenoxy) is 2. The van der Waals surface area contributed by atoms with Gasteiger partial charge in [-0.1, -0.05) is 18.2 Å². The predicted octanol–water partition coefficient (Wildman–Crippen LogP) is 2.47. The lowest BCUT2D eigenvalue weighted by Crippen LogP contribution is -2.68. The van der Waals surface area contributed by atoms with E-state index in [4.69, 9.17) is 9.47 Å². The van der Waals surface area contributed by atoms with Crippen molar-refractivity contribution in [2.75, 3.05) is 26.2 Å². The maximum Gasteiger partial charge on any atom is 0.202 e. The van der Waals surface area contributed by atoms with E-state index in [0.717, 1.165) is 12.0 Å². The lowest BCUT2D eigenvalue weighted by molar-refractivity contribution is -0.179. The second kappa shape index (κ2) is 5.08. The summed E-state index contributed by atoms with van der Waals surface area (Å²) >= 11 is 1.64. The summed E-state index contributed by atoms with van der Waals surface area (Å²) in [6.07, 6.45) is 6.86. The van der Waals surface area contributed by atoms with Crippen molar-refractivity contribution in [3.05, 3.63) is 24.3 Å². The van der Waals surface area contributed by atoms with Crippen molar-refractivity contribution in [3.63, 3.8) is 0 Å². The molecule has 4 heteroatoms. The molecule has 3 rings (SSSR count). The number of thioether (sulfide) groups is 1. The zero-order valence-electron chi connectivity index (χ0n) is 12.1. The zero-order chi connectivity index (χ0) is 14.3. The Kier molecular flexibility index (Phi) is 3.96. The summed E-state index contributed by atoms with van der Waals surface area (Å²) < 4.78 is 11.4. The van der Waals surface area contributed by atoms with Gasteiger partial charge in [0.25, 0.3) is 0 Å². The molecule has 0 radical (unpaired) electrons. The minimum atomic E-state index is -0.897. The summed E-state index contributed by atoms with van der Waals surface area (Å²) in [7, 11) is 3.23. The van der Waals surface area contributed by atoms with Crippen molar-refractivity contribution in [1.29, 1.82) is 0 Å². The normalized spacial score (nSPS) is 40.7. The number of Topliss-reactive ketones (excluding diaryl/α,β-unsaturated/α-hetero) is 1. The Bertz CT molecular complexity index is 431. The third-order valence-corrected chi connectivity index (χ3v) is 5.29. The summed E-state index contributed by atoms with van der Waals surface area (Å²) in [5.74, 6) is 0.859. The molecular weight excluding hydrogens is 260 g/mol. The minimum Gasteiger partial charge on any atom is -0.369 e. The molecule has 0 heterocycles. The summed E-state index contributed by atoms with van der Waals surface area (Å²) in [5, 5.41) is 0. The fourth-order valence-electron chi connectivity index (χ4n) is 3.52. The second-order valence-electron chi connectivity index (χ2n) is 5.45. The van der Waals surface area contributed by atoms with Gasteiger partial charge in [0.05, 0.1) is 0 Å². The Labute approximate surface area is 119 Å². The molecule has 0 saturated heterocycles. The Morgan fingerprint density at radius 3 is 2.68 bits per heavy atom. The van der Waals surface area contributed by atoms with E-state index in [-0.39, 0.29) is 17.6 Å². The Morgan fingerprint density at radius 1 is 1.53 bits per heavy atom. The highest BCUT2D eigenvalue weighted by molar-refractivity contribution is 7.98. The van der Waals surface area contributed by atoms with Gasteiger partial charge in [-0.15, -0.1) is 0 Å². The molecule has 1 fully saturated rings. The number of carbonyl (C=O) groups is 1. The van der Waals surface area contributed by atoms with Crippen molar-refractivity contribution in [1.82, 2.24) is 0 Å². The molecule has 0 aromatic rings. The van der Waals surface area contributed by atoms with Crippen molar-refractivity contribution < 1.29 is 14.3 Å². The van der Waals surface area contributed by atoms with Crippen molar-refractivity contribution >= 4 is 17.5 Å². The topological polar surface area (TPSA) is 35.5 Å². The van der Waals surface area contributed by atoms with Gasteiger partial charge < -0.3 is 9.47 Å². The second-order valence-corrected chi connectivity index (χ2v) is 6.32. The van der Waals surface area contributed by atoms with Crippen LogP contribution >= 0.6 is 11.8 Å². The van der Waals surface area contributed by atoms with Crippen LogP contribution in [0.15, 0.2) is 24.3 Å². The van der Waals surface area contributed by atoms with Crippen molar-refractivity contribution in [3.8, 4) is 0 Å². The van der Waals surface area contributed by atoms with Crippen molar-refractivity contribution in [2.24, 2.45) is 11.8 Å². The molecule has 3 aliphatic rings. The molecule has 0 aromatic heterocycles. The molecule has 0 aromatic carbocycles. The molecule has 0 spiro atoms. The highest BCUT2D eigenvalue weighted by Gasteiger charge is 2.64.